The molecule has 0 aliphatic heterocycles. The van der Waals surface area contributed by atoms with Gasteiger partial charge in [-0.05, 0) is 26.7 Å². The summed E-state index contributed by atoms with van der Waals surface area (Å²) in [6.07, 6.45) is 4.84. The van der Waals surface area contributed by atoms with Crippen LogP contribution < -0.4 is 5.32 Å². The molecule has 0 radical (unpaired) electrons. The van der Waals surface area contributed by atoms with Gasteiger partial charge in [0.1, 0.15) is 12.1 Å². The first kappa shape index (κ1) is 12.0. The molecule has 0 unspecified atom stereocenters. The van der Waals surface area contributed by atoms with Crippen LogP contribution in [0, 0.1) is 0 Å². The maximum atomic E-state index is 4.23. The number of aryl methyl sites for hydroxylation is 1. The topological polar surface area (TPSA) is 37.8 Å². The second-order valence-electron chi connectivity index (χ2n) is 4.51. The Kier molecular flexibility index (Phi) is 4.06. The molecule has 1 rings (SSSR count). The Labute approximate surface area is 92.3 Å². The first-order valence-corrected chi connectivity index (χ1v) is 5.66. The molecule has 84 valence electrons. The summed E-state index contributed by atoms with van der Waals surface area (Å²) in [5, 5.41) is 3.42. The summed E-state index contributed by atoms with van der Waals surface area (Å²) >= 11 is 0. The van der Waals surface area contributed by atoms with Crippen LogP contribution in [-0.2, 0) is 6.42 Å². The average Bonchev–Trinajstić information content (AvgIpc) is 2.18. The average molecular weight is 207 g/mol. The monoisotopic (exact) mass is 207 g/mol. The molecule has 0 fully saturated rings. The largest absolute Gasteiger partial charge is 0.365 e. The van der Waals surface area contributed by atoms with Crippen LogP contribution in [0.25, 0.3) is 0 Å². The molecule has 3 heteroatoms. The highest BCUT2D eigenvalue weighted by Crippen LogP contribution is 2.16. The van der Waals surface area contributed by atoms with Gasteiger partial charge in [0.25, 0.3) is 0 Å². The normalized spacial score (nSPS) is 11.5. The van der Waals surface area contributed by atoms with Crippen molar-refractivity contribution >= 4 is 5.82 Å². The maximum absolute atomic E-state index is 4.23. The fourth-order valence-corrected chi connectivity index (χ4v) is 1.29. The Morgan fingerprint density at radius 2 is 2.00 bits per heavy atom. The van der Waals surface area contributed by atoms with Crippen LogP contribution in [0.5, 0.6) is 0 Å². The zero-order valence-electron chi connectivity index (χ0n) is 10.2. The van der Waals surface area contributed by atoms with E-state index in [-0.39, 0.29) is 5.54 Å². The van der Waals surface area contributed by atoms with E-state index in [0.29, 0.717) is 0 Å². The number of nitrogens with one attached hydrogen (secondary N) is 1. The lowest BCUT2D eigenvalue weighted by Gasteiger charge is -2.25. The molecule has 15 heavy (non-hydrogen) atoms. The summed E-state index contributed by atoms with van der Waals surface area (Å²) in [5.74, 6) is 0.931. The third-order valence-corrected chi connectivity index (χ3v) is 2.58. The number of nitrogens with zero attached hydrogens (tertiary/aromatic N) is 2. The Morgan fingerprint density at radius 3 is 2.60 bits per heavy atom. The predicted octanol–water partition coefficient (Wildman–Crippen LogP) is 3.03. The van der Waals surface area contributed by atoms with E-state index in [1.54, 1.807) is 6.33 Å². The Balaban J connectivity index is 2.73. The Morgan fingerprint density at radius 1 is 1.27 bits per heavy atom. The van der Waals surface area contributed by atoms with Gasteiger partial charge in [0.15, 0.2) is 0 Å². The van der Waals surface area contributed by atoms with E-state index in [4.69, 9.17) is 0 Å². The third kappa shape index (κ3) is 3.86. The van der Waals surface area contributed by atoms with E-state index >= 15 is 0 Å². The van der Waals surface area contributed by atoms with Crippen LogP contribution in [0.15, 0.2) is 12.4 Å². The molecule has 1 heterocycles. The minimum absolute atomic E-state index is 0.0951. The van der Waals surface area contributed by atoms with Crippen molar-refractivity contribution in [3.8, 4) is 0 Å². The van der Waals surface area contributed by atoms with Gasteiger partial charge < -0.3 is 5.32 Å². The highest BCUT2D eigenvalue weighted by Gasteiger charge is 2.14. The molecular weight excluding hydrogens is 186 g/mol. The summed E-state index contributed by atoms with van der Waals surface area (Å²) < 4.78 is 0. The van der Waals surface area contributed by atoms with Crippen molar-refractivity contribution in [1.29, 1.82) is 0 Å². The lowest BCUT2D eigenvalue weighted by molar-refractivity contribution is 0.544. The molecule has 1 N–H and O–H groups in total. The van der Waals surface area contributed by atoms with E-state index in [0.717, 1.165) is 30.8 Å². The second kappa shape index (κ2) is 5.10. The van der Waals surface area contributed by atoms with Gasteiger partial charge >= 0.3 is 0 Å². The lowest BCUT2D eigenvalue weighted by atomic mass is 10.0. The SMILES string of the molecule is CCCc1cc(NC(C)(C)CC)ncn1. The van der Waals surface area contributed by atoms with Crippen LogP contribution in [0.2, 0.25) is 0 Å². The minimum Gasteiger partial charge on any atom is -0.365 e. The summed E-state index contributed by atoms with van der Waals surface area (Å²) in [4.78, 5) is 8.47. The highest BCUT2D eigenvalue weighted by molar-refractivity contribution is 5.37. The number of aromatic nitrogens is 2. The smallest absolute Gasteiger partial charge is 0.130 e. The molecule has 0 saturated heterocycles. The Hall–Kier alpha value is -1.12. The fraction of sp³-hybridized carbons (Fsp3) is 0.667. The van der Waals surface area contributed by atoms with Gasteiger partial charge in [-0.1, -0.05) is 20.3 Å². The quantitative estimate of drug-likeness (QED) is 0.806. The molecule has 0 saturated carbocycles. The molecule has 1 aromatic rings. The second-order valence-corrected chi connectivity index (χ2v) is 4.51. The molecule has 0 bridgehead atoms. The zero-order chi connectivity index (χ0) is 11.3. The van der Waals surface area contributed by atoms with Crippen LogP contribution in [0.3, 0.4) is 0 Å². The molecule has 3 nitrogen and oxygen atoms in total. The van der Waals surface area contributed by atoms with E-state index in [2.05, 4.69) is 43.0 Å². The van der Waals surface area contributed by atoms with Crippen molar-refractivity contribution in [3.63, 3.8) is 0 Å². The van der Waals surface area contributed by atoms with Crippen molar-refractivity contribution in [2.24, 2.45) is 0 Å². The Bertz CT molecular complexity index is 307. The van der Waals surface area contributed by atoms with Crippen LogP contribution in [-0.4, -0.2) is 15.5 Å². The van der Waals surface area contributed by atoms with Gasteiger partial charge in [0.2, 0.25) is 0 Å². The zero-order valence-corrected chi connectivity index (χ0v) is 10.2. The van der Waals surface area contributed by atoms with Gasteiger partial charge in [-0.3, -0.25) is 0 Å². The van der Waals surface area contributed by atoms with Gasteiger partial charge in [0.05, 0.1) is 0 Å². The molecule has 0 spiro atoms. The van der Waals surface area contributed by atoms with Gasteiger partial charge in [-0.2, -0.15) is 0 Å². The van der Waals surface area contributed by atoms with Gasteiger partial charge in [-0.15, -0.1) is 0 Å². The minimum atomic E-state index is 0.0951. The van der Waals surface area contributed by atoms with Crippen molar-refractivity contribution in [2.45, 2.75) is 52.5 Å². The number of hydrogen-bond donors (Lipinski definition) is 1. The molecule has 0 aromatic carbocycles. The van der Waals surface area contributed by atoms with E-state index in [1.165, 1.54) is 0 Å². The number of hydrogen-bond acceptors (Lipinski definition) is 3. The fourth-order valence-electron chi connectivity index (χ4n) is 1.29. The molecule has 0 aliphatic rings. The first-order chi connectivity index (χ1) is 7.07. The molecular formula is C12H21N3. The summed E-state index contributed by atoms with van der Waals surface area (Å²) in [7, 11) is 0. The predicted molar refractivity (Wildman–Crippen MR) is 64.0 cm³/mol. The maximum Gasteiger partial charge on any atom is 0.130 e. The summed E-state index contributed by atoms with van der Waals surface area (Å²) in [6, 6.07) is 2.04. The lowest BCUT2D eigenvalue weighted by Crippen LogP contribution is -2.30. The summed E-state index contributed by atoms with van der Waals surface area (Å²) in [5.41, 5.74) is 1.21. The number of rotatable bonds is 5. The molecule has 0 aliphatic carbocycles. The van der Waals surface area contributed by atoms with Crippen molar-refractivity contribution in [2.75, 3.05) is 5.32 Å². The highest BCUT2D eigenvalue weighted by atomic mass is 15.1. The standard InChI is InChI=1S/C12H21N3/c1-5-7-10-8-11(14-9-13-10)15-12(3,4)6-2/h8-9H,5-7H2,1-4H3,(H,13,14,15). The van der Waals surface area contributed by atoms with Crippen molar-refractivity contribution in [3.05, 3.63) is 18.1 Å². The van der Waals surface area contributed by atoms with E-state index < -0.39 is 0 Å². The molecule has 1 aromatic heterocycles. The molecule has 0 amide bonds. The summed E-state index contributed by atoms with van der Waals surface area (Å²) in [6.45, 7) is 8.68. The van der Waals surface area contributed by atoms with Crippen LogP contribution in [0.4, 0.5) is 5.82 Å². The van der Waals surface area contributed by atoms with Crippen molar-refractivity contribution < 1.29 is 0 Å². The van der Waals surface area contributed by atoms with E-state index in [9.17, 15) is 0 Å². The van der Waals surface area contributed by atoms with Crippen LogP contribution in [0.1, 0.15) is 46.2 Å². The van der Waals surface area contributed by atoms with Gasteiger partial charge in [0, 0.05) is 17.3 Å². The van der Waals surface area contributed by atoms with Crippen molar-refractivity contribution in [1.82, 2.24) is 9.97 Å². The van der Waals surface area contributed by atoms with Crippen LogP contribution >= 0.6 is 0 Å². The molecule has 0 atom stereocenters. The van der Waals surface area contributed by atoms with E-state index in [1.807, 2.05) is 6.07 Å². The first-order valence-electron chi connectivity index (χ1n) is 5.66. The number of anilines is 1. The third-order valence-electron chi connectivity index (χ3n) is 2.58. The van der Waals surface area contributed by atoms with Gasteiger partial charge in [-0.25, -0.2) is 9.97 Å².